The van der Waals surface area contributed by atoms with Crippen molar-refractivity contribution in [2.45, 2.75) is 44.9 Å². The average molecular weight is 355 g/mol. The molecule has 1 aromatic carbocycles. The minimum absolute atomic E-state index is 0.0594. The number of aryl methyl sites for hydroxylation is 2. The van der Waals surface area contributed by atoms with E-state index in [2.05, 4.69) is 26.6 Å². The van der Waals surface area contributed by atoms with Crippen LogP contribution < -0.4 is 10.6 Å². The lowest BCUT2D eigenvalue weighted by atomic mass is 10.1. The number of amides is 2. The van der Waals surface area contributed by atoms with Crippen molar-refractivity contribution in [3.8, 4) is 0 Å². The van der Waals surface area contributed by atoms with Gasteiger partial charge in [-0.1, -0.05) is 35.3 Å². The standard InChI is InChI=1S/C16H23BrN2O2/c1-4-5-14(17)16(21)18-9-8-15(20)19-13-7-6-11(2)12(3)10-13/h6-7,10,14H,4-5,8-9H2,1-3H3,(H,18,21)(H,19,20)/t14-/m1/s1. The highest BCUT2D eigenvalue weighted by molar-refractivity contribution is 9.10. The van der Waals surface area contributed by atoms with Gasteiger partial charge in [0.05, 0.1) is 4.83 Å². The number of anilines is 1. The number of nitrogens with one attached hydrogen (secondary N) is 2. The van der Waals surface area contributed by atoms with Gasteiger partial charge in [0.2, 0.25) is 11.8 Å². The summed E-state index contributed by atoms with van der Waals surface area (Å²) in [7, 11) is 0. The van der Waals surface area contributed by atoms with Crippen LogP contribution >= 0.6 is 15.9 Å². The van der Waals surface area contributed by atoms with Crippen LogP contribution in [0.3, 0.4) is 0 Å². The number of hydrogen-bond acceptors (Lipinski definition) is 2. The van der Waals surface area contributed by atoms with Gasteiger partial charge in [0, 0.05) is 18.7 Å². The minimum Gasteiger partial charge on any atom is -0.355 e. The van der Waals surface area contributed by atoms with Crippen molar-refractivity contribution in [2.75, 3.05) is 11.9 Å². The lowest BCUT2D eigenvalue weighted by molar-refractivity contribution is -0.120. The number of halogens is 1. The predicted molar refractivity (Wildman–Crippen MR) is 89.8 cm³/mol. The van der Waals surface area contributed by atoms with Crippen LogP contribution in [0.25, 0.3) is 0 Å². The summed E-state index contributed by atoms with van der Waals surface area (Å²) in [6.45, 7) is 6.42. The fraction of sp³-hybridized carbons (Fsp3) is 0.500. The summed E-state index contributed by atoms with van der Waals surface area (Å²) in [6, 6.07) is 5.81. The van der Waals surface area contributed by atoms with Crippen LogP contribution in [0.5, 0.6) is 0 Å². The molecule has 1 atom stereocenters. The Hall–Kier alpha value is -1.36. The maximum atomic E-state index is 11.8. The summed E-state index contributed by atoms with van der Waals surface area (Å²) in [5, 5.41) is 5.59. The number of rotatable bonds is 7. The van der Waals surface area contributed by atoms with Gasteiger partial charge in [-0.25, -0.2) is 0 Å². The van der Waals surface area contributed by atoms with Gasteiger partial charge in [0.1, 0.15) is 0 Å². The summed E-state index contributed by atoms with van der Waals surface area (Å²) in [6.07, 6.45) is 2.00. The molecule has 0 aliphatic heterocycles. The Morgan fingerprint density at radius 1 is 1.24 bits per heavy atom. The van der Waals surface area contributed by atoms with E-state index in [0.717, 1.165) is 24.1 Å². The monoisotopic (exact) mass is 354 g/mol. The van der Waals surface area contributed by atoms with E-state index in [0.29, 0.717) is 6.54 Å². The zero-order chi connectivity index (χ0) is 15.8. The molecule has 0 saturated heterocycles. The van der Waals surface area contributed by atoms with Gasteiger partial charge in [-0.05, 0) is 43.5 Å². The Morgan fingerprint density at radius 2 is 1.95 bits per heavy atom. The molecule has 21 heavy (non-hydrogen) atoms. The highest BCUT2D eigenvalue weighted by Crippen LogP contribution is 2.14. The van der Waals surface area contributed by atoms with Gasteiger partial charge in [-0.3, -0.25) is 9.59 Å². The van der Waals surface area contributed by atoms with E-state index >= 15 is 0 Å². The highest BCUT2D eigenvalue weighted by atomic mass is 79.9. The van der Waals surface area contributed by atoms with Gasteiger partial charge >= 0.3 is 0 Å². The molecule has 1 rings (SSSR count). The number of alkyl halides is 1. The molecule has 0 unspecified atom stereocenters. The Morgan fingerprint density at radius 3 is 2.57 bits per heavy atom. The third-order valence-electron chi connectivity index (χ3n) is 3.27. The summed E-state index contributed by atoms with van der Waals surface area (Å²) in [5.74, 6) is -0.156. The molecule has 0 saturated carbocycles. The molecule has 1 aromatic rings. The predicted octanol–water partition coefficient (Wildman–Crippen LogP) is 3.31. The molecule has 0 fully saturated rings. The largest absolute Gasteiger partial charge is 0.355 e. The molecule has 2 amide bonds. The molecule has 0 heterocycles. The second-order valence-electron chi connectivity index (χ2n) is 5.14. The van der Waals surface area contributed by atoms with Crippen LogP contribution in [-0.2, 0) is 9.59 Å². The Labute approximate surface area is 134 Å². The first-order valence-electron chi connectivity index (χ1n) is 7.23. The zero-order valence-corrected chi connectivity index (χ0v) is 14.4. The van der Waals surface area contributed by atoms with Crippen molar-refractivity contribution in [2.24, 2.45) is 0 Å². The smallest absolute Gasteiger partial charge is 0.233 e. The van der Waals surface area contributed by atoms with Crippen molar-refractivity contribution in [1.29, 1.82) is 0 Å². The number of carbonyl (C=O) groups excluding carboxylic acids is 2. The van der Waals surface area contributed by atoms with E-state index < -0.39 is 0 Å². The lowest BCUT2D eigenvalue weighted by Crippen LogP contribution is -2.33. The van der Waals surface area contributed by atoms with E-state index in [4.69, 9.17) is 0 Å². The van der Waals surface area contributed by atoms with Gasteiger partial charge in [-0.15, -0.1) is 0 Å². The first-order chi connectivity index (χ1) is 9.93. The second kappa shape index (κ2) is 8.82. The van der Waals surface area contributed by atoms with Crippen LogP contribution in [0.1, 0.15) is 37.3 Å². The summed E-state index contributed by atoms with van der Waals surface area (Å²) < 4.78 is 0. The maximum Gasteiger partial charge on any atom is 0.233 e. The van der Waals surface area contributed by atoms with Crippen molar-refractivity contribution >= 4 is 33.4 Å². The molecule has 2 N–H and O–H groups in total. The number of hydrogen-bond donors (Lipinski definition) is 2. The fourth-order valence-electron chi connectivity index (χ4n) is 1.84. The van der Waals surface area contributed by atoms with Crippen molar-refractivity contribution in [1.82, 2.24) is 5.32 Å². The van der Waals surface area contributed by atoms with E-state index in [1.165, 1.54) is 5.56 Å². The summed E-state index contributed by atoms with van der Waals surface area (Å²) in [4.78, 5) is 23.3. The lowest BCUT2D eigenvalue weighted by Gasteiger charge is -2.10. The van der Waals surface area contributed by atoms with Gasteiger partial charge in [-0.2, -0.15) is 0 Å². The third-order valence-corrected chi connectivity index (χ3v) is 4.14. The molecular weight excluding hydrogens is 332 g/mol. The van der Waals surface area contributed by atoms with Crippen molar-refractivity contribution < 1.29 is 9.59 Å². The highest BCUT2D eigenvalue weighted by Gasteiger charge is 2.13. The Balaban J connectivity index is 2.34. The average Bonchev–Trinajstić information content (AvgIpc) is 2.43. The van der Waals surface area contributed by atoms with Gasteiger partial charge in [0.25, 0.3) is 0 Å². The van der Waals surface area contributed by atoms with Crippen LogP contribution in [-0.4, -0.2) is 23.2 Å². The quantitative estimate of drug-likeness (QED) is 0.738. The topological polar surface area (TPSA) is 58.2 Å². The van der Waals surface area contributed by atoms with Crippen molar-refractivity contribution in [3.05, 3.63) is 29.3 Å². The van der Waals surface area contributed by atoms with Crippen LogP contribution in [0.4, 0.5) is 5.69 Å². The molecular formula is C16H23BrN2O2. The zero-order valence-electron chi connectivity index (χ0n) is 12.8. The Kier molecular flexibility index (Phi) is 7.43. The number of carbonyl (C=O) groups is 2. The van der Waals surface area contributed by atoms with E-state index in [1.54, 1.807) is 0 Å². The molecule has 0 bridgehead atoms. The maximum absolute atomic E-state index is 11.8. The molecule has 116 valence electrons. The minimum atomic E-state index is -0.176. The van der Waals surface area contributed by atoms with Gasteiger partial charge in [0.15, 0.2) is 0 Å². The van der Waals surface area contributed by atoms with Crippen LogP contribution in [0.15, 0.2) is 18.2 Å². The molecule has 0 aliphatic rings. The third kappa shape index (κ3) is 6.29. The second-order valence-corrected chi connectivity index (χ2v) is 6.25. The van der Waals surface area contributed by atoms with Crippen molar-refractivity contribution in [3.63, 3.8) is 0 Å². The molecule has 0 aliphatic carbocycles. The first kappa shape index (κ1) is 17.7. The number of benzene rings is 1. The van der Waals surface area contributed by atoms with E-state index in [1.807, 2.05) is 39.0 Å². The van der Waals surface area contributed by atoms with Gasteiger partial charge < -0.3 is 10.6 Å². The first-order valence-corrected chi connectivity index (χ1v) is 8.14. The summed E-state index contributed by atoms with van der Waals surface area (Å²) >= 11 is 3.33. The fourth-order valence-corrected chi connectivity index (χ4v) is 2.46. The normalized spacial score (nSPS) is 11.8. The molecule has 0 aromatic heterocycles. The molecule has 5 heteroatoms. The van der Waals surface area contributed by atoms with E-state index in [-0.39, 0.29) is 23.1 Å². The van der Waals surface area contributed by atoms with E-state index in [9.17, 15) is 9.59 Å². The summed E-state index contributed by atoms with van der Waals surface area (Å²) in [5.41, 5.74) is 3.13. The molecule has 4 nitrogen and oxygen atoms in total. The van der Waals surface area contributed by atoms with Crippen LogP contribution in [0, 0.1) is 13.8 Å². The molecule has 0 radical (unpaired) electrons. The Bertz CT molecular complexity index is 503. The molecule has 0 spiro atoms. The SMILES string of the molecule is CCC[C@@H](Br)C(=O)NCCC(=O)Nc1ccc(C)c(C)c1. The van der Waals surface area contributed by atoms with Crippen LogP contribution in [0.2, 0.25) is 0 Å².